The molecular formula is C16H14ClN3O4S2. The molecule has 3 rings (SSSR count). The zero-order valence-electron chi connectivity index (χ0n) is 13.5. The summed E-state index contributed by atoms with van der Waals surface area (Å²) in [6.07, 6.45) is 0. The minimum Gasteiger partial charge on any atom is -0.457 e. The van der Waals surface area contributed by atoms with Gasteiger partial charge >= 0.3 is 5.97 Å². The molecule has 0 atom stereocenters. The molecular weight excluding hydrogens is 398 g/mol. The van der Waals surface area contributed by atoms with E-state index in [-0.39, 0.29) is 16.4 Å². The third-order valence-electron chi connectivity index (χ3n) is 3.56. The van der Waals surface area contributed by atoms with Crippen molar-refractivity contribution in [1.29, 1.82) is 0 Å². The Bertz CT molecular complexity index is 1060. The largest absolute Gasteiger partial charge is 0.457 e. The first-order chi connectivity index (χ1) is 12.3. The summed E-state index contributed by atoms with van der Waals surface area (Å²) in [4.78, 5) is 12.1. The van der Waals surface area contributed by atoms with Crippen molar-refractivity contribution >= 4 is 38.9 Å². The molecule has 0 bridgehead atoms. The first-order valence-electron chi connectivity index (χ1n) is 7.35. The van der Waals surface area contributed by atoms with Gasteiger partial charge in [-0.25, -0.2) is 23.0 Å². The summed E-state index contributed by atoms with van der Waals surface area (Å²) in [6.45, 7) is 1.68. The number of carbonyl (C=O) groups is 1. The molecule has 10 heteroatoms. The number of primary sulfonamides is 1. The van der Waals surface area contributed by atoms with E-state index in [9.17, 15) is 13.2 Å². The van der Waals surface area contributed by atoms with Crippen molar-refractivity contribution in [3.63, 3.8) is 0 Å². The lowest BCUT2D eigenvalue weighted by atomic mass is 10.3. The van der Waals surface area contributed by atoms with Gasteiger partial charge in [-0.2, -0.15) is 5.10 Å². The molecule has 2 N–H and O–H groups in total. The van der Waals surface area contributed by atoms with Crippen LogP contribution in [0, 0.1) is 6.92 Å². The number of esters is 1. The van der Waals surface area contributed by atoms with E-state index in [1.54, 1.807) is 11.6 Å². The van der Waals surface area contributed by atoms with Gasteiger partial charge in [0, 0.05) is 10.9 Å². The number of aryl methyl sites for hydroxylation is 1. The van der Waals surface area contributed by atoms with Gasteiger partial charge < -0.3 is 4.74 Å². The summed E-state index contributed by atoms with van der Waals surface area (Å²) in [5, 5.41) is 11.1. The maximum atomic E-state index is 12.1. The van der Waals surface area contributed by atoms with Crippen molar-refractivity contribution < 1.29 is 17.9 Å². The second-order valence-electron chi connectivity index (χ2n) is 5.38. The Morgan fingerprint density at radius 1 is 1.35 bits per heavy atom. The maximum absolute atomic E-state index is 12.1. The minimum absolute atomic E-state index is 0.0864. The van der Waals surface area contributed by atoms with Gasteiger partial charge in [0.2, 0.25) is 10.0 Å². The lowest BCUT2D eigenvalue weighted by molar-refractivity contribution is 0.0473. The molecule has 0 aliphatic carbocycles. The number of ether oxygens (including phenoxy) is 1. The van der Waals surface area contributed by atoms with Gasteiger partial charge in [0.15, 0.2) is 0 Å². The lowest BCUT2D eigenvalue weighted by Gasteiger charge is -2.05. The number of carbonyl (C=O) groups excluding carboxylic acids is 1. The predicted molar refractivity (Wildman–Crippen MR) is 98.1 cm³/mol. The van der Waals surface area contributed by atoms with Crippen molar-refractivity contribution in [2.24, 2.45) is 5.14 Å². The van der Waals surface area contributed by atoms with Crippen LogP contribution < -0.4 is 5.14 Å². The van der Waals surface area contributed by atoms with Gasteiger partial charge in [0.05, 0.1) is 16.9 Å². The minimum atomic E-state index is -3.85. The average Bonchev–Trinajstić information content (AvgIpc) is 3.20. The van der Waals surface area contributed by atoms with E-state index in [0.29, 0.717) is 16.4 Å². The maximum Gasteiger partial charge on any atom is 0.339 e. The van der Waals surface area contributed by atoms with Crippen molar-refractivity contribution in [3.05, 3.63) is 63.8 Å². The Morgan fingerprint density at radius 2 is 2.04 bits per heavy atom. The van der Waals surface area contributed by atoms with E-state index in [4.69, 9.17) is 21.5 Å². The average molecular weight is 412 g/mol. The molecule has 0 unspecified atom stereocenters. The molecule has 2 heterocycles. The molecule has 0 saturated heterocycles. The predicted octanol–water partition coefficient (Wildman–Crippen LogP) is 2.90. The molecule has 0 aliphatic heterocycles. The molecule has 0 fully saturated rings. The van der Waals surface area contributed by atoms with Crippen LogP contribution in [-0.2, 0) is 21.4 Å². The highest BCUT2D eigenvalue weighted by Gasteiger charge is 2.19. The number of nitrogens with two attached hydrogens (primary N) is 1. The number of halogens is 1. The molecule has 1 aromatic carbocycles. The Hall–Kier alpha value is -2.20. The number of nitrogens with zero attached hydrogens (tertiary/aromatic N) is 2. The smallest absolute Gasteiger partial charge is 0.339 e. The highest BCUT2D eigenvalue weighted by Crippen LogP contribution is 2.25. The van der Waals surface area contributed by atoms with E-state index >= 15 is 0 Å². The van der Waals surface area contributed by atoms with E-state index in [0.717, 1.165) is 17.0 Å². The highest BCUT2D eigenvalue weighted by molar-refractivity contribution is 7.91. The summed E-state index contributed by atoms with van der Waals surface area (Å²) in [5.74, 6) is -0.668. The summed E-state index contributed by atoms with van der Waals surface area (Å²) >= 11 is 7.23. The van der Waals surface area contributed by atoms with E-state index in [1.165, 1.54) is 11.4 Å². The molecule has 0 radical (unpaired) electrons. The third kappa shape index (κ3) is 3.80. The van der Waals surface area contributed by atoms with E-state index < -0.39 is 16.0 Å². The first-order valence-corrected chi connectivity index (χ1v) is 10.2. The fourth-order valence-electron chi connectivity index (χ4n) is 2.23. The van der Waals surface area contributed by atoms with Crippen molar-refractivity contribution in [3.8, 4) is 5.69 Å². The molecule has 136 valence electrons. The zero-order valence-corrected chi connectivity index (χ0v) is 15.9. The van der Waals surface area contributed by atoms with Gasteiger partial charge in [-0.15, -0.1) is 11.3 Å². The zero-order chi connectivity index (χ0) is 18.9. The number of sulfonamides is 1. The van der Waals surface area contributed by atoms with Crippen LogP contribution in [0.25, 0.3) is 5.69 Å². The van der Waals surface area contributed by atoms with E-state index in [1.807, 2.05) is 30.3 Å². The topological polar surface area (TPSA) is 104 Å². The fraction of sp³-hybridized carbons (Fsp3) is 0.125. The van der Waals surface area contributed by atoms with E-state index in [2.05, 4.69) is 5.10 Å². The third-order valence-corrected chi connectivity index (χ3v) is 6.34. The normalized spacial score (nSPS) is 11.5. The quantitative estimate of drug-likeness (QED) is 0.650. The molecule has 3 aromatic rings. The van der Waals surface area contributed by atoms with Crippen LogP contribution in [0.2, 0.25) is 5.15 Å². The Morgan fingerprint density at radius 3 is 2.65 bits per heavy atom. The van der Waals surface area contributed by atoms with Gasteiger partial charge in [-0.05, 0) is 25.1 Å². The number of hydrogen-bond acceptors (Lipinski definition) is 6. The Balaban J connectivity index is 1.77. The Labute approximate surface area is 159 Å². The Kier molecular flexibility index (Phi) is 5.15. The summed E-state index contributed by atoms with van der Waals surface area (Å²) in [6, 6.07) is 10.5. The van der Waals surface area contributed by atoms with Crippen LogP contribution in [0.3, 0.4) is 0 Å². The fourth-order valence-corrected chi connectivity index (χ4v) is 4.13. The highest BCUT2D eigenvalue weighted by atomic mass is 35.5. The standard InChI is InChI=1S/C16H14ClN3O4S2/c1-10-13(15(17)20(19-10)12-5-3-2-4-6-12)8-24-16(21)11-7-14(25-9-11)26(18,22)23/h2-7,9H,8H2,1H3,(H2,18,22,23). The van der Waals surface area contributed by atoms with Gasteiger partial charge in [0.25, 0.3) is 0 Å². The van der Waals surface area contributed by atoms with Crippen molar-refractivity contribution in [2.75, 3.05) is 0 Å². The molecule has 0 amide bonds. The number of rotatable bonds is 5. The lowest BCUT2D eigenvalue weighted by Crippen LogP contribution is -2.10. The monoisotopic (exact) mass is 411 g/mol. The SMILES string of the molecule is Cc1nn(-c2ccccc2)c(Cl)c1COC(=O)c1csc(S(N)(=O)=O)c1. The summed E-state index contributed by atoms with van der Waals surface area (Å²) < 4.78 is 29.3. The number of benzene rings is 1. The summed E-state index contributed by atoms with van der Waals surface area (Å²) in [7, 11) is -3.85. The van der Waals surface area contributed by atoms with Crippen molar-refractivity contribution in [1.82, 2.24) is 9.78 Å². The molecule has 0 aliphatic rings. The number of hydrogen-bond donors (Lipinski definition) is 1. The molecule has 2 aromatic heterocycles. The molecule has 26 heavy (non-hydrogen) atoms. The van der Waals surface area contributed by atoms with Crippen LogP contribution in [0.15, 0.2) is 46.0 Å². The summed E-state index contributed by atoms with van der Waals surface area (Å²) in [5.41, 5.74) is 2.10. The van der Waals surface area contributed by atoms with Crippen LogP contribution in [0.1, 0.15) is 21.6 Å². The van der Waals surface area contributed by atoms with Gasteiger partial charge in [0.1, 0.15) is 16.0 Å². The molecule has 7 nitrogen and oxygen atoms in total. The van der Waals surface area contributed by atoms with Crippen molar-refractivity contribution in [2.45, 2.75) is 17.7 Å². The van der Waals surface area contributed by atoms with Crippen LogP contribution in [0.4, 0.5) is 0 Å². The van der Waals surface area contributed by atoms with Crippen LogP contribution in [-0.4, -0.2) is 24.2 Å². The number of para-hydroxylation sites is 1. The van der Waals surface area contributed by atoms with Gasteiger partial charge in [-0.3, -0.25) is 0 Å². The van der Waals surface area contributed by atoms with Crippen LogP contribution >= 0.6 is 22.9 Å². The second-order valence-corrected chi connectivity index (χ2v) is 8.44. The number of aromatic nitrogens is 2. The first kappa shape index (κ1) is 18.6. The molecule has 0 saturated carbocycles. The van der Waals surface area contributed by atoms with Crippen LogP contribution in [0.5, 0.6) is 0 Å². The number of thiophene rings is 1. The second kappa shape index (κ2) is 7.20. The van der Waals surface area contributed by atoms with Gasteiger partial charge in [-0.1, -0.05) is 29.8 Å². The molecule has 0 spiro atoms.